The number of halogens is 2. The van der Waals surface area contributed by atoms with Gasteiger partial charge in [0, 0.05) is 17.1 Å². The Labute approximate surface area is 132 Å². The molecule has 0 aliphatic heterocycles. The second-order valence-electron chi connectivity index (χ2n) is 5.93. The van der Waals surface area contributed by atoms with Crippen LogP contribution in [0.3, 0.4) is 0 Å². The van der Waals surface area contributed by atoms with Crippen molar-refractivity contribution in [2.45, 2.75) is 40.7 Å². The van der Waals surface area contributed by atoms with Gasteiger partial charge in [-0.1, -0.05) is 50.9 Å². The largest absolute Gasteiger partial charge is 0.492 e. The molecule has 0 amide bonds. The highest BCUT2D eigenvalue weighted by Gasteiger charge is 2.11. The predicted molar refractivity (Wildman–Crippen MR) is 88.0 cm³/mol. The summed E-state index contributed by atoms with van der Waals surface area (Å²) >= 11 is 12.3. The lowest BCUT2D eigenvalue weighted by Gasteiger charge is -2.16. The highest BCUT2D eigenvalue weighted by Crippen LogP contribution is 2.32. The maximum atomic E-state index is 6.25. The fraction of sp³-hybridized carbons (Fsp3) is 0.625. The van der Waals surface area contributed by atoms with Gasteiger partial charge in [0.05, 0.1) is 11.6 Å². The molecule has 1 rings (SSSR count). The lowest BCUT2D eigenvalue weighted by atomic mass is 10.1. The predicted octanol–water partition coefficient (Wildman–Crippen LogP) is 5.16. The fourth-order valence-corrected chi connectivity index (χ4v) is 2.39. The Morgan fingerprint density at radius 1 is 1.10 bits per heavy atom. The molecule has 0 unspecified atom stereocenters. The normalized spacial score (nSPS) is 11.4. The van der Waals surface area contributed by atoms with Gasteiger partial charge in [-0.05, 0) is 36.9 Å². The van der Waals surface area contributed by atoms with E-state index in [0.29, 0.717) is 28.5 Å². The van der Waals surface area contributed by atoms with Crippen molar-refractivity contribution in [1.29, 1.82) is 0 Å². The Morgan fingerprint density at radius 2 is 1.80 bits per heavy atom. The molecule has 0 heterocycles. The van der Waals surface area contributed by atoms with Crippen LogP contribution >= 0.6 is 23.2 Å². The van der Waals surface area contributed by atoms with Crippen LogP contribution in [0.1, 0.15) is 39.7 Å². The third kappa shape index (κ3) is 6.34. The van der Waals surface area contributed by atoms with Crippen molar-refractivity contribution >= 4 is 23.2 Å². The van der Waals surface area contributed by atoms with Crippen molar-refractivity contribution < 1.29 is 4.74 Å². The van der Waals surface area contributed by atoms with E-state index in [0.717, 1.165) is 30.8 Å². The SMILES string of the molecule is CC(C)CCOc1c(Cl)cc(Cl)cc1CNCC(C)C. The van der Waals surface area contributed by atoms with Crippen molar-refractivity contribution in [3.05, 3.63) is 27.7 Å². The summed E-state index contributed by atoms with van der Waals surface area (Å²) in [6.07, 6.45) is 1.01. The number of benzene rings is 1. The summed E-state index contributed by atoms with van der Waals surface area (Å²) < 4.78 is 5.86. The van der Waals surface area contributed by atoms with E-state index in [9.17, 15) is 0 Å². The van der Waals surface area contributed by atoms with Crippen LogP contribution in [0.2, 0.25) is 10.0 Å². The molecule has 0 fully saturated rings. The highest BCUT2D eigenvalue weighted by atomic mass is 35.5. The van der Waals surface area contributed by atoms with Crippen molar-refractivity contribution in [3.8, 4) is 5.75 Å². The molecule has 1 aromatic carbocycles. The summed E-state index contributed by atoms with van der Waals surface area (Å²) in [6.45, 7) is 11.1. The molecule has 0 atom stereocenters. The van der Waals surface area contributed by atoms with Gasteiger partial charge < -0.3 is 10.1 Å². The van der Waals surface area contributed by atoms with Crippen LogP contribution in [0, 0.1) is 11.8 Å². The van der Waals surface area contributed by atoms with E-state index in [1.807, 2.05) is 6.07 Å². The topological polar surface area (TPSA) is 21.3 Å². The van der Waals surface area contributed by atoms with Crippen LogP contribution in [0.4, 0.5) is 0 Å². The van der Waals surface area contributed by atoms with Crippen molar-refractivity contribution in [2.24, 2.45) is 11.8 Å². The van der Waals surface area contributed by atoms with E-state index in [1.54, 1.807) is 6.07 Å². The molecule has 114 valence electrons. The van der Waals surface area contributed by atoms with Crippen molar-refractivity contribution in [3.63, 3.8) is 0 Å². The molecule has 0 saturated heterocycles. The van der Waals surface area contributed by atoms with E-state index in [4.69, 9.17) is 27.9 Å². The Hall–Kier alpha value is -0.440. The molecule has 4 heteroatoms. The molecule has 20 heavy (non-hydrogen) atoms. The van der Waals surface area contributed by atoms with Gasteiger partial charge in [-0.15, -0.1) is 0 Å². The summed E-state index contributed by atoms with van der Waals surface area (Å²) in [5, 5.41) is 4.63. The number of ether oxygens (including phenoxy) is 1. The smallest absolute Gasteiger partial charge is 0.142 e. The average Bonchev–Trinajstić information content (AvgIpc) is 2.31. The van der Waals surface area contributed by atoms with Crippen molar-refractivity contribution in [2.75, 3.05) is 13.2 Å². The van der Waals surface area contributed by atoms with Gasteiger partial charge in [-0.3, -0.25) is 0 Å². The van der Waals surface area contributed by atoms with Gasteiger partial charge in [0.2, 0.25) is 0 Å². The fourth-order valence-electron chi connectivity index (χ4n) is 1.80. The number of hydrogen-bond donors (Lipinski definition) is 1. The first-order chi connectivity index (χ1) is 9.40. The molecular weight excluding hydrogens is 293 g/mol. The lowest BCUT2D eigenvalue weighted by molar-refractivity contribution is 0.286. The minimum absolute atomic E-state index is 0.586. The maximum Gasteiger partial charge on any atom is 0.142 e. The number of hydrogen-bond acceptors (Lipinski definition) is 2. The van der Waals surface area contributed by atoms with Crippen LogP contribution in [-0.2, 0) is 6.54 Å². The molecule has 0 radical (unpaired) electrons. The first-order valence-electron chi connectivity index (χ1n) is 7.21. The molecule has 0 bridgehead atoms. The van der Waals surface area contributed by atoms with Gasteiger partial charge in [0.25, 0.3) is 0 Å². The van der Waals surface area contributed by atoms with Gasteiger partial charge in [-0.2, -0.15) is 0 Å². The van der Waals surface area contributed by atoms with E-state index < -0.39 is 0 Å². The van der Waals surface area contributed by atoms with E-state index >= 15 is 0 Å². The van der Waals surface area contributed by atoms with Gasteiger partial charge >= 0.3 is 0 Å². The lowest BCUT2D eigenvalue weighted by Crippen LogP contribution is -2.19. The van der Waals surface area contributed by atoms with Crippen LogP contribution < -0.4 is 10.1 Å². The van der Waals surface area contributed by atoms with Gasteiger partial charge in [0.1, 0.15) is 5.75 Å². The Bertz CT molecular complexity index is 419. The van der Waals surface area contributed by atoms with Crippen LogP contribution in [0.5, 0.6) is 5.75 Å². The highest BCUT2D eigenvalue weighted by molar-refractivity contribution is 6.35. The van der Waals surface area contributed by atoms with E-state index in [1.165, 1.54) is 0 Å². The Balaban J connectivity index is 2.73. The molecule has 2 nitrogen and oxygen atoms in total. The summed E-state index contributed by atoms with van der Waals surface area (Å²) in [5.74, 6) is 1.98. The Morgan fingerprint density at radius 3 is 2.40 bits per heavy atom. The summed E-state index contributed by atoms with van der Waals surface area (Å²) in [6, 6.07) is 3.66. The zero-order valence-corrected chi connectivity index (χ0v) is 14.3. The zero-order valence-electron chi connectivity index (χ0n) is 12.8. The standard InChI is InChI=1S/C16H25Cl2NO/c1-11(2)5-6-20-16-13(10-19-9-12(3)4)7-14(17)8-15(16)18/h7-8,11-12,19H,5-6,9-10H2,1-4H3. The summed E-state index contributed by atoms with van der Waals surface area (Å²) in [4.78, 5) is 0. The monoisotopic (exact) mass is 317 g/mol. The molecule has 0 saturated carbocycles. The second-order valence-corrected chi connectivity index (χ2v) is 6.78. The first kappa shape index (κ1) is 17.6. The molecule has 1 N–H and O–H groups in total. The average molecular weight is 318 g/mol. The first-order valence-corrected chi connectivity index (χ1v) is 7.97. The second kappa shape index (κ2) is 8.76. The van der Waals surface area contributed by atoms with Gasteiger partial charge in [-0.25, -0.2) is 0 Å². The zero-order chi connectivity index (χ0) is 15.1. The summed E-state index contributed by atoms with van der Waals surface area (Å²) in [5.41, 5.74) is 1.02. The molecular formula is C16H25Cl2NO. The minimum Gasteiger partial charge on any atom is -0.492 e. The molecule has 0 aliphatic rings. The third-order valence-corrected chi connectivity index (χ3v) is 3.39. The van der Waals surface area contributed by atoms with Crippen molar-refractivity contribution in [1.82, 2.24) is 5.32 Å². The van der Waals surface area contributed by atoms with Gasteiger partial charge in [0.15, 0.2) is 0 Å². The molecule has 0 aromatic heterocycles. The molecule has 0 spiro atoms. The Kier molecular flexibility index (Phi) is 7.71. The van der Waals surface area contributed by atoms with Crippen LogP contribution in [-0.4, -0.2) is 13.2 Å². The quantitative estimate of drug-likeness (QED) is 0.714. The van der Waals surface area contributed by atoms with E-state index in [-0.39, 0.29) is 0 Å². The minimum atomic E-state index is 0.586. The third-order valence-electron chi connectivity index (χ3n) is 2.89. The number of nitrogens with one attached hydrogen (secondary N) is 1. The number of rotatable bonds is 8. The molecule has 0 aliphatic carbocycles. The molecule has 1 aromatic rings. The van der Waals surface area contributed by atoms with Crippen LogP contribution in [0.15, 0.2) is 12.1 Å². The van der Waals surface area contributed by atoms with Crippen LogP contribution in [0.25, 0.3) is 0 Å². The maximum absolute atomic E-state index is 6.25. The van der Waals surface area contributed by atoms with E-state index in [2.05, 4.69) is 33.0 Å². The summed E-state index contributed by atoms with van der Waals surface area (Å²) in [7, 11) is 0.